The number of rotatable bonds is 6. The van der Waals surface area contributed by atoms with Gasteiger partial charge in [0.2, 0.25) is 0 Å². The number of esters is 1. The van der Waals surface area contributed by atoms with Gasteiger partial charge in [0.25, 0.3) is 0 Å². The van der Waals surface area contributed by atoms with Gasteiger partial charge < -0.3 is 9.53 Å². The fourth-order valence-electron chi connectivity index (χ4n) is 2.94. The van der Waals surface area contributed by atoms with Gasteiger partial charge in [-0.15, -0.1) is 0 Å². The molecule has 0 aromatic heterocycles. The number of unbranched alkanes of at least 4 members (excludes halogenated alkanes) is 1. The first-order valence-electron chi connectivity index (χ1n) is 7.39. The third kappa shape index (κ3) is 3.47. The Kier molecular flexibility index (Phi) is 5.33. The molecule has 1 aliphatic carbocycles. The van der Waals surface area contributed by atoms with Gasteiger partial charge in [0.05, 0.1) is 13.0 Å². The number of fused-ring (bicyclic) bond motifs is 1. The van der Waals surface area contributed by atoms with Crippen molar-refractivity contribution in [3.63, 3.8) is 0 Å². The van der Waals surface area contributed by atoms with E-state index in [2.05, 4.69) is 12.1 Å². The molecule has 0 spiro atoms. The van der Waals surface area contributed by atoms with Crippen molar-refractivity contribution in [2.75, 3.05) is 7.11 Å². The maximum Gasteiger partial charge on any atom is 0.313 e. The normalized spacial score (nSPS) is 15.2. The largest absolute Gasteiger partial charge is 0.469 e. The van der Waals surface area contributed by atoms with Crippen LogP contribution in [0.2, 0.25) is 0 Å². The highest BCUT2D eigenvalue weighted by atomic mass is 16.5. The number of carbonyl (C=O) groups is 2. The second-order valence-corrected chi connectivity index (χ2v) is 5.41. The van der Waals surface area contributed by atoms with Crippen molar-refractivity contribution in [1.29, 1.82) is 0 Å². The van der Waals surface area contributed by atoms with Crippen LogP contribution in [0.4, 0.5) is 0 Å². The molecular formula is C17H22O3. The van der Waals surface area contributed by atoms with E-state index in [1.807, 2.05) is 6.07 Å². The maximum atomic E-state index is 12.0. The summed E-state index contributed by atoms with van der Waals surface area (Å²) in [4.78, 5) is 22.4. The average molecular weight is 274 g/mol. The predicted molar refractivity (Wildman–Crippen MR) is 77.8 cm³/mol. The molecule has 0 bridgehead atoms. The van der Waals surface area contributed by atoms with E-state index in [0.717, 1.165) is 31.1 Å². The van der Waals surface area contributed by atoms with E-state index in [4.69, 9.17) is 4.74 Å². The van der Waals surface area contributed by atoms with Gasteiger partial charge in [-0.05, 0) is 55.2 Å². The quantitative estimate of drug-likeness (QED) is 0.454. The Morgan fingerprint density at radius 3 is 2.75 bits per heavy atom. The number of hydrogen-bond donors (Lipinski definition) is 0. The van der Waals surface area contributed by atoms with Crippen molar-refractivity contribution >= 4 is 12.3 Å². The number of aryl methyl sites for hydroxylation is 2. The zero-order valence-electron chi connectivity index (χ0n) is 12.1. The third-order valence-corrected chi connectivity index (χ3v) is 4.08. The van der Waals surface area contributed by atoms with Gasteiger partial charge in [-0.2, -0.15) is 0 Å². The van der Waals surface area contributed by atoms with E-state index in [1.165, 1.54) is 31.1 Å². The highest BCUT2D eigenvalue weighted by molar-refractivity contribution is 5.78. The Morgan fingerprint density at radius 2 is 2.05 bits per heavy atom. The summed E-state index contributed by atoms with van der Waals surface area (Å²) in [5.74, 6) is -0.446. The highest BCUT2D eigenvalue weighted by Gasteiger charge is 2.22. The maximum absolute atomic E-state index is 12.0. The Balaban J connectivity index is 2.18. The lowest BCUT2D eigenvalue weighted by Gasteiger charge is -2.20. The summed E-state index contributed by atoms with van der Waals surface area (Å²) < 4.78 is 4.91. The Labute approximate surface area is 120 Å². The smallest absolute Gasteiger partial charge is 0.313 e. The molecule has 3 heteroatoms. The molecule has 1 aromatic rings. The molecule has 0 amide bonds. The van der Waals surface area contributed by atoms with Gasteiger partial charge >= 0.3 is 5.97 Å². The summed E-state index contributed by atoms with van der Waals surface area (Å²) in [5, 5.41) is 0. The molecule has 0 radical (unpaired) electrons. The van der Waals surface area contributed by atoms with E-state index in [0.29, 0.717) is 12.8 Å². The lowest BCUT2D eigenvalue weighted by Crippen LogP contribution is -2.15. The van der Waals surface area contributed by atoms with Crippen LogP contribution in [-0.2, 0) is 27.2 Å². The van der Waals surface area contributed by atoms with Crippen LogP contribution in [-0.4, -0.2) is 19.4 Å². The topological polar surface area (TPSA) is 43.4 Å². The van der Waals surface area contributed by atoms with Crippen molar-refractivity contribution in [2.24, 2.45) is 0 Å². The number of ether oxygens (including phenoxy) is 1. The predicted octanol–water partition coefficient (Wildman–Crippen LogP) is 3.19. The summed E-state index contributed by atoms with van der Waals surface area (Å²) in [6.45, 7) is 0. The zero-order valence-corrected chi connectivity index (χ0v) is 12.1. The second kappa shape index (κ2) is 7.22. The first-order valence-corrected chi connectivity index (χ1v) is 7.39. The zero-order chi connectivity index (χ0) is 14.4. The van der Waals surface area contributed by atoms with Crippen LogP contribution in [0.15, 0.2) is 18.2 Å². The molecular weight excluding hydrogens is 252 g/mol. The number of methoxy groups -OCH3 is 1. The summed E-state index contributed by atoms with van der Waals surface area (Å²) in [5.41, 5.74) is 3.82. The molecule has 0 saturated carbocycles. The minimum absolute atomic E-state index is 0.202. The standard InChI is InChI=1S/C17H22O3/c1-20-17(19)16(8-4-5-11-18)15-10-9-13-6-2-3-7-14(13)12-15/h9-12,16H,2-8H2,1H3. The van der Waals surface area contributed by atoms with Crippen LogP contribution < -0.4 is 0 Å². The lowest BCUT2D eigenvalue weighted by molar-refractivity contribution is -0.142. The Hall–Kier alpha value is -1.64. The number of aldehydes is 1. The lowest BCUT2D eigenvalue weighted by atomic mass is 9.86. The van der Waals surface area contributed by atoms with Crippen LogP contribution in [0, 0.1) is 0 Å². The van der Waals surface area contributed by atoms with E-state index in [-0.39, 0.29) is 11.9 Å². The van der Waals surface area contributed by atoms with Crippen molar-refractivity contribution in [3.8, 4) is 0 Å². The van der Waals surface area contributed by atoms with Crippen molar-refractivity contribution < 1.29 is 14.3 Å². The van der Waals surface area contributed by atoms with E-state index in [9.17, 15) is 9.59 Å². The van der Waals surface area contributed by atoms with Crippen LogP contribution in [0.25, 0.3) is 0 Å². The molecule has 0 aliphatic heterocycles. The Morgan fingerprint density at radius 1 is 1.30 bits per heavy atom. The first-order chi connectivity index (χ1) is 9.76. The molecule has 108 valence electrons. The van der Waals surface area contributed by atoms with Crippen LogP contribution in [0.1, 0.15) is 54.7 Å². The second-order valence-electron chi connectivity index (χ2n) is 5.41. The molecule has 3 nitrogen and oxygen atoms in total. The molecule has 1 aromatic carbocycles. The van der Waals surface area contributed by atoms with Gasteiger partial charge in [-0.1, -0.05) is 18.2 Å². The van der Waals surface area contributed by atoms with Gasteiger partial charge in [-0.25, -0.2) is 0 Å². The highest BCUT2D eigenvalue weighted by Crippen LogP contribution is 2.28. The van der Waals surface area contributed by atoms with Gasteiger partial charge in [0.1, 0.15) is 6.29 Å². The molecule has 20 heavy (non-hydrogen) atoms. The summed E-state index contributed by atoms with van der Waals surface area (Å²) in [7, 11) is 1.42. The van der Waals surface area contributed by atoms with Crippen molar-refractivity contribution in [1.82, 2.24) is 0 Å². The fraction of sp³-hybridized carbons (Fsp3) is 0.529. The number of carbonyl (C=O) groups excluding carboxylic acids is 2. The van der Waals surface area contributed by atoms with Crippen molar-refractivity contribution in [3.05, 3.63) is 34.9 Å². The molecule has 1 aliphatic rings. The number of hydrogen-bond acceptors (Lipinski definition) is 3. The SMILES string of the molecule is COC(=O)C(CCCC=O)c1ccc2c(c1)CCCC2. The van der Waals surface area contributed by atoms with Gasteiger partial charge in [0.15, 0.2) is 0 Å². The minimum Gasteiger partial charge on any atom is -0.469 e. The van der Waals surface area contributed by atoms with Crippen LogP contribution in [0.3, 0.4) is 0 Å². The van der Waals surface area contributed by atoms with E-state index >= 15 is 0 Å². The van der Waals surface area contributed by atoms with Crippen LogP contribution >= 0.6 is 0 Å². The summed E-state index contributed by atoms with van der Waals surface area (Å²) in [6, 6.07) is 6.36. The minimum atomic E-state index is -0.243. The van der Waals surface area contributed by atoms with Crippen molar-refractivity contribution in [2.45, 2.75) is 50.9 Å². The number of benzene rings is 1. The Bertz CT molecular complexity index is 479. The fourth-order valence-corrected chi connectivity index (χ4v) is 2.94. The molecule has 0 heterocycles. The molecule has 0 saturated heterocycles. The summed E-state index contributed by atoms with van der Waals surface area (Å²) in [6.07, 6.45) is 7.52. The van der Waals surface area contributed by atoms with Gasteiger partial charge in [-0.3, -0.25) is 4.79 Å². The average Bonchev–Trinajstić information content (AvgIpc) is 2.50. The van der Waals surface area contributed by atoms with E-state index < -0.39 is 0 Å². The van der Waals surface area contributed by atoms with E-state index in [1.54, 1.807) is 0 Å². The van der Waals surface area contributed by atoms with Gasteiger partial charge in [0, 0.05) is 6.42 Å². The molecule has 2 rings (SSSR count). The summed E-state index contributed by atoms with van der Waals surface area (Å²) >= 11 is 0. The molecule has 1 atom stereocenters. The monoisotopic (exact) mass is 274 g/mol. The van der Waals surface area contributed by atoms with Crippen LogP contribution in [0.5, 0.6) is 0 Å². The first kappa shape index (κ1) is 14.8. The molecule has 0 N–H and O–H groups in total. The third-order valence-electron chi connectivity index (χ3n) is 4.08. The molecule has 1 unspecified atom stereocenters. The molecule has 0 fully saturated rings.